The number of ether oxygens (including phenoxy) is 2. The number of nitrogens with two attached hydrogens (primary N) is 1. The molecule has 10 rings (SSSR count). The molecule has 0 unspecified atom stereocenters. The highest BCUT2D eigenvalue weighted by Crippen LogP contribution is 2.27. The number of nitrogens with zero attached hydrogens (tertiary/aromatic N) is 16. The summed E-state index contributed by atoms with van der Waals surface area (Å²) in [5, 5.41) is 9.43. The van der Waals surface area contributed by atoms with E-state index >= 15 is 0 Å². The number of hydrogen-bond donors (Lipinski definition) is 2. The highest BCUT2D eigenvalue weighted by Gasteiger charge is 2.29. The second-order valence-corrected chi connectivity index (χ2v) is 23.2. The highest BCUT2D eigenvalue weighted by atomic mass is 35.5. The first-order valence-corrected chi connectivity index (χ1v) is 28.2. The Morgan fingerprint density at radius 3 is 1.38 bits per heavy atom. The largest absolute Gasteiger partial charge is 0.444 e. The number of carbonyl (C=O) groups excluding carboxylic acids is 4. The van der Waals surface area contributed by atoms with Gasteiger partial charge in [-0.25, -0.2) is 38.9 Å². The van der Waals surface area contributed by atoms with Crippen LogP contribution in [-0.4, -0.2) is 201 Å². The molecule has 4 fully saturated rings. The molecule has 10 heterocycles. The van der Waals surface area contributed by atoms with Crippen LogP contribution in [0.25, 0.3) is 22.1 Å². The molecule has 3 N–H and O–H groups in total. The molecule has 0 saturated carbocycles. The SMILES string of the molecule is CC(C)(C)OC(=O)N1CCN(c2ccc(N)nc2)CC1.CN(C)C(=O)c1cc2cnc(Cl)nc2n1N1CCCCC1.CN(C)C(=O)c1cc2cnc(Nc3ccc(N4CCN(C(=O)OC(C)(C)C)CC4)cn3)nc2n1N1CCCCC1. The molecular formula is C56H79ClN18O6. The monoisotopic (exact) mass is 1130 g/mol. The number of piperazine rings is 2. The number of hydrogen-bond acceptors (Lipinski definition) is 18. The van der Waals surface area contributed by atoms with E-state index < -0.39 is 11.2 Å². The second kappa shape index (κ2) is 25.7. The van der Waals surface area contributed by atoms with E-state index in [4.69, 9.17) is 31.8 Å². The van der Waals surface area contributed by atoms with Crippen LogP contribution in [0.5, 0.6) is 0 Å². The van der Waals surface area contributed by atoms with E-state index in [-0.39, 0.29) is 29.3 Å². The molecule has 6 aromatic heterocycles. The Balaban J connectivity index is 0.000000176. The highest BCUT2D eigenvalue weighted by molar-refractivity contribution is 6.28. The summed E-state index contributed by atoms with van der Waals surface area (Å²) in [4.78, 5) is 87.1. The predicted molar refractivity (Wildman–Crippen MR) is 316 cm³/mol. The first-order chi connectivity index (χ1) is 38.5. The Labute approximate surface area is 479 Å². The minimum absolute atomic E-state index is 0.0466. The molecule has 0 radical (unpaired) electrons. The zero-order valence-electron chi connectivity index (χ0n) is 48.6. The van der Waals surface area contributed by atoms with Crippen LogP contribution in [0.1, 0.15) is 101 Å². The molecular weight excluding hydrogens is 1060 g/mol. The average molecular weight is 1140 g/mol. The van der Waals surface area contributed by atoms with Crippen LogP contribution in [0.2, 0.25) is 5.28 Å². The maximum absolute atomic E-state index is 13.0. The molecule has 4 amide bonds. The van der Waals surface area contributed by atoms with Crippen molar-refractivity contribution < 1.29 is 28.7 Å². The number of halogens is 1. The molecule has 0 aromatic carbocycles. The fourth-order valence-electron chi connectivity index (χ4n) is 9.78. The number of amides is 4. The van der Waals surface area contributed by atoms with Gasteiger partial charge in [0.2, 0.25) is 11.2 Å². The summed E-state index contributed by atoms with van der Waals surface area (Å²) in [6, 6.07) is 11.3. The molecule has 436 valence electrons. The Bertz CT molecular complexity index is 3110. The molecule has 4 aliphatic heterocycles. The third kappa shape index (κ3) is 15.3. The van der Waals surface area contributed by atoms with Crippen molar-refractivity contribution in [2.75, 3.05) is 138 Å². The second-order valence-electron chi connectivity index (χ2n) is 22.9. The zero-order valence-corrected chi connectivity index (χ0v) is 49.3. The summed E-state index contributed by atoms with van der Waals surface area (Å²) in [7, 11) is 7.02. The minimum atomic E-state index is -0.502. The van der Waals surface area contributed by atoms with Gasteiger partial charge in [0.05, 0.1) is 23.8 Å². The Hall–Kier alpha value is -7.89. The van der Waals surface area contributed by atoms with Crippen molar-refractivity contribution in [2.24, 2.45) is 0 Å². The number of nitrogen functional groups attached to an aromatic ring is 1. The maximum atomic E-state index is 13.0. The lowest BCUT2D eigenvalue weighted by molar-refractivity contribution is 0.0230. The smallest absolute Gasteiger partial charge is 0.410 e. The lowest BCUT2D eigenvalue weighted by Crippen LogP contribution is -2.50. The fraction of sp³-hybridized carbons (Fsp3) is 0.536. The van der Waals surface area contributed by atoms with Crippen molar-refractivity contribution in [1.29, 1.82) is 0 Å². The van der Waals surface area contributed by atoms with E-state index in [1.54, 1.807) is 72.4 Å². The number of nitrogens with one attached hydrogen (secondary N) is 1. The van der Waals surface area contributed by atoms with E-state index in [0.29, 0.717) is 79.5 Å². The van der Waals surface area contributed by atoms with Gasteiger partial charge in [0.25, 0.3) is 11.8 Å². The maximum Gasteiger partial charge on any atom is 0.410 e. The molecule has 0 aliphatic carbocycles. The lowest BCUT2D eigenvalue weighted by Gasteiger charge is -2.36. The van der Waals surface area contributed by atoms with Crippen LogP contribution < -0.4 is 30.9 Å². The number of pyridine rings is 2. The number of aromatic nitrogens is 8. The van der Waals surface area contributed by atoms with E-state index in [9.17, 15) is 19.2 Å². The van der Waals surface area contributed by atoms with Crippen LogP contribution >= 0.6 is 11.6 Å². The van der Waals surface area contributed by atoms with Crippen molar-refractivity contribution in [3.63, 3.8) is 0 Å². The molecule has 24 nitrogen and oxygen atoms in total. The third-order valence-corrected chi connectivity index (χ3v) is 14.0. The van der Waals surface area contributed by atoms with Gasteiger partial charge in [-0.05, 0) is 128 Å². The normalized spacial score (nSPS) is 16.0. The van der Waals surface area contributed by atoms with Crippen LogP contribution in [0.4, 0.5) is 38.5 Å². The summed E-state index contributed by atoms with van der Waals surface area (Å²) in [5.74, 6) is 1.44. The van der Waals surface area contributed by atoms with E-state index in [2.05, 4.69) is 50.1 Å². The van der Waals surface area contributed by atoms with Crippen molar-refractivity contribution in [1.82, 2.24) is 58.9 Å². The van der Waals surface area contributed by atoms with E-state index in [1.807, 2.05) is 87.4 Å². The summed E-state index contributed by atoms with van der Waals surface area (Å²) >= 11 is 5.93. The number of piperidine rings is 2. The van der Waals surface area contributed by atoms with Gasteiger partial charge in [-0.2, -0.15) is 9.97 Å². The van der Waals surface area contributed by atoms with Crippen LogP contribution in [0, 0.1) is 0 Å². The first kappa shape index (κ1) is 59.2. The molecule has 81 heavy (non-hydrogen) atoms. The Morgan fingerprint density at radius 2 is 0.975 bits per heavy atom. The first-order valence-electron chi connectivity index (χ1n) is 27.8. The number of carbonyl (C=O) groups is 4. The quantitative estimate of drug-likeness (QED) is 0.145. The van der Waals surface area contributed by atoms with E-state index in [0.717, 1.165) is 87.1 Å². The number of anilines is 5. The van der Waals surface area contributed by atoms with Crippen molar-refractivity contribution in [3.05, 3.63) is 77.9 Å². The molecule has 0 bridgehead atoms. The van der Waals surface area contributed by atoms with Crippen molar-refractivity contribution >= 4 is 86.6 Å². The average Bonchev–Trinajstić information content (AvgIpc) is 4.20. The van der Waals surface area contributed by atoms with Crippen molar-refractivity contribution in [3.8, 4) is 0 Å². The van der Waals surface area contributed by atoms with Gasteiger partial charge in [0.1, 0.15) is 34.2 Å². The third-order valence-electron chi connectivity index (χ3n) is 13.8. The summed E-state index contributed by atoms with van der Waals surface area (Å²) < 4.78 is 14.7. The van der Waals surface area contributed by atoms with Gasteiger partial charge < -0.3 is 59.9 Å². The fourth-order valence-corrected chi connectivity index (χ4v) is 9.90. The summed E-state index contributed by atoms with van der Waals surface area (Å²) in [6.45, 7) is 20.3. The van der Waals surface area contributed by atoms with Crippen LogP contribution in [0.3, 0.4) is 0 Å². The topological polar surface area (TPSA) is 238 Å². The number of rotatable bonds is 8. The van der Waals surface area contributed by atoms with Gasteiger partial charge in [-0.1, -0.05) is 0 Å². The lowest BCUT2D eigenvalue weighted by atomic mass is 10.2. The van der Waals surface area contributed by atoms with Crippen LogP contribution in [0.15, 0.2) is 61.2 Å². The molecule has 6 aromatic rings. The van der Waals surface area contributed by atoms with Gasteiger partial charge in [-0.3, -0.25) is 9.59 Å². The van der Waals surface area contributed by atoms with Gasteiger partial charge in [0.15, 0.2) is 11.3 Å². The summed E-state index contributed by atoms with van der Waals surface area (Å²) in [6.07, 6.45) is 13.3. The Kier molecular flexibility index (Phi) is 18.8. The zero-order chi connectivity index (χ0) is 58.2. The Morgan fingerprint density at radius 1 is 0.543 bits per heavy atom. The summed E-state index contributed by atoms with van der Waals surface area (Å²) in [5.41, 5.74) is 9.23. The molecule has 0 atom stereocenters. The standard InChI is InChI=1S/C28H39N9O3.C14H18ClN5O.C14H22N4O2/c1-28(2,3)40-27(39)35-15-13-34(14-16-35)21-9-10-23(29-19-21)31-26-30-18-20-17-22(25(38)33(4)5)37(24(20)32-26)36-11-7-6-8-12-36;1-18(2)13(21)11-8-10-9-16-14(15)17-12(10)20(11)19-6-4-3-5-7-19;1-14(2,3)20-13(19)18-8-6-17(7-9-18)11-4-5-12(15)16-10-11/h9-10,17-19H,6-8,11-16H2,1-5H3,(H,29,30,31,32);8-9H,3-7H2,1-2H3;4-5,10H,6-9H2,1-3H3,(H2,15,16). The predicted octanol–water partition coefficient (Wildman–Crippen LogP) is 7.08. The van der Waals surface area contributed by atoms with Gasteiger partial charge >= 0.3 is 12.2 Å². The number of fused-ring (bicyclic) bond motifs is 2. The van der Waals surface area contributed by atoms with E-state index in [1.165, 1.54) is 12.8 Å². The van der Waals surface area contributed by atoms with Crippen LogP contribution in [-0.2, 0) is 9.47 Å². The van der Waals surface area contributed by atoms with Gasteiger partial charge in [-0.15, -0.1) is 0 Å². The van der Waals surface area contributed by atoms with Crippen molar-refractivity contribution in [2.45, 2.75) is 91.3 Å². The molecule has 25 heteroatoms. The minimum Gasteiger partial charge on any atom is -0.444 e. The molecule has 4 saturated heterocycles. The molecule has 4 aliphatic rings. The molecule has 0 spiro atoms. The van der Waals surface area contributed by atoms with Gasteiger partial charge in [0, 0.05) is 130 Å².